The summed E-state index contributed by atoms with van der Waals surface area (Å²) in [6.07, 6.45) is 0. The molecule has 0 aliphatic rings. The van der Waals surface area contributed by atoms with Gasteiger partial charge in [-0.2, -0.15) is 0 Å². The predicted molar refractivity (Wildman–Crippen MR) is 78.9 cm³/mol. The lowest BCUT2D eigenvalue weighted by Crippen LogP contribution is -2.14. The van der Waals surface area contributed by atoms with Crippen LogP contribution in [0.1, 0.15) is 26.5 Å². The number of nitro groups is 1. The normalized spacial score (nSPS) is 10.3. The summed E-state index contributed by atoms with van der Waals surface area (Å²) in [4.78, 5) is 33.8. The van der Waals surface area contributed by atoms with Crippen LogP contribution < -0.4 is 0 Å². The Bertz CT molecular complexity index is 752. The highest BCUT2D eigenvalue weighted by atomic mass is 79.9. The molecule has 1 heterocycles. The van der Waals surface area contributed by atoms with Crippen LogP contribution in [0.25, 0.3) is 0 Å². The number of nitrogens with zero attached hydrogens (tertiary/aromatic N) is 1. The van der Waals surface area contributed by atoms with Crippen molar-refractivity contribution in [2.45, 2.75) is 6.92 Å². The topological polar surface area (TPSA) is 99.7 Å². The molecule has 0 atom stereocenters. The second kappa shape index (κ2) is 6.52. The number of benzene rings is 1. The molecule has 22 heavy (non-hydrogen) atoms. The third-order valence-corrected chi connectivity index (χ3v) is 3.26. The number of carbonyl (C=O) groups is 2. The molecule has 0 aliphatic heterocycles. The van der Waals surface area contributed by atoms with Crippen molar-refractivity contribution in [3.8, 4) is 0 Å². The van der Waals surface area contributed by atoms with Gasteiger partial charge in [-0.3, -0.25) is 14.9 Å². The summed E-state index contributed by atoms with van der Waals surface area (Å²) in [5, 5.41) is 10.8. The summed E-state index contributed by atoms with van der Waals surface area (Å²) < 4.78 is 10.2. The summed E-state index contributed by atoms with van der Waals surface area (Å²) in [6, 6.07) is 6.99. The first kappa shape index (κ1) is 15.9. The highest BCUT2D eigenvalue weighted by Gasteiger charge is 2.18. The molecule has 0 radical (unpaired) electrons. The van der Waals surface area contributed by atoms with Gasteiger partial charge in [0.2, 0.25) is 11.5 Å². The van der Waals surface area contributed by atoms with Gasteiger partial charge in [0.1, 0.15) is 0 Å². The smallest absolute Gasteiger partial charge is 0.374 e. The van der Waals surface area contributed by atoms with E-state index in [-0.39, 0.29) is 17.0 Å². The van der Waals surface area contributed by atoms with Gasteiger partial charge < -0.3 is 9.15 Å². The molecule has 8 heteroatoms. The van der Waals surface area contributed by atoms with Crippen LogP contribution >= 0.6 is 15.9 Å². The second-order valence-electron chi connectivity index (χ2n) is 4.36. The molecule has 114 valence electrons. The SMILES string of the molecule is Cc1ccc(C(=O)COC(=O)c2ccc(Br)o2)cc1[N+](=O)[O-]. The zero-order valence-electron chi connectivity index (χ0n) is 11.4. The molecule has 2 aromatic rings. The molecule has 0 spiro atoms. The maximum Gasteiger partial charge on any atom is 0.374 e. The molecule has 0 N–H and O–H groups in total. The van der Waals surface area contributed by atoms with Gasteiger partial charge in [0.25, 0.3) is 5.69 Å². The number of esters is 1. The number of aryl methyl sites for hydroxylation is 1. The third-order valence-electron chi connectivity index (χ3n) is 2.84. The number of carbonyl (C=O) groups excluding carboxylic acids is 2. The highest BCUT2D eigenvalue weighted by Crippen LogP contribution is 2.20. The Morgan fingerprint density at radius 1 is 1.32 bits per heavy atom. The molecule has 0 saturated heterocycles. The van der Waals surface area contributed by atoms with E-state index < -0.39 is 23.3 Å². The molecule has 1 aromatic carbocycles. The number of rotatable bonds is 5. The van der Waals surface area contributed by atoms with Crippen LogP contribution in [0.3, 0.4) is 0 Å². The van der Waals surface area contributed by atoms with Crippen LogP contribution in [-0.4, -0.2) is 23.3 Å². The average molecular weight is 368 g/mol. The lowest BCUT2D eigenvalue weighted by atomic mass is 10.1. The standard InChI is InChI=1S/C14H10BrNO6/c1-8-2-3-9(6-10(8)16(19)20)11(17)7-21-14(18)12-4-5-13(15)22-12/h2-6H,7H2,1H3. The Hall–Kier alpha value is -2.48. The number of ketones is 1. The summed E-state index contributed by atoms with van der Waals surface area (Å²) in [5.74, 6) is -1.38. The molecular weight excluding hydrogens is 358 g/mol. The molecule has 0 unspecified atom stereocenters. The fourth-order valence-electron chi connectivity index (χ4n) is 1.69. The lowest BCUT2D eigenvalue weighted by Gasteiger charge is -2.04. The van der Waals surface area contributed by atoms with E-state index in [9.17, 15) is 19.7 Å². The van der Waals surface area contributed by atoms with E-state index in [0.717, 1.165) is 6.07 Å². The van der Waals surface area contributed by atoms with Crippen molar-refractivity contribution in [3.63, 3.8) is 0 Å². The molecule has 0 aliphatic carbocycles. The molecule has 0 bridgehead atoms. The Morgan fingerprint density at radius 2 is 2.05 bits per heavy atom. The van der Waals surface area contributed by atoms with E-state index in [2.05, 4.69) is 15.9 Å². The maximum absolute atomic E-state index is 11.9. The lowest BCUT2D eigenvalue weighted by molar-refractivity contribution is -0.385. The number of Topliss-reactive ketones (excluding diaryl/α,β-unsaturated/α-hetero) is 1. The summed E-state index contributed by atoms with van der Waals surface area (Å²) >= 11 is 3.04. The van der Waals surface area contributed by atoms with E-state index in [0.29, 0.717) is 10.2 Å². The van der Waals surface area contributed by atoms with Gasteiger partial charge >= 0.3 is 5.97 Å². The van der Waals surface area contributed by atoms with E-state index in [4.69, 9.17) is 9.15 Å². The van der Waals surface area contributed by atoms with Crippen molar-refractivity contribution in [3.05, 3.63) is 62.0 Å². The van der Waals surface area contributed by atoms with E-state index in [1.54, 1.807) is 6.92 Å². The Balaban J connectivity index is 2.05. The molecule has 0 fully saturated rings. The largest absolute Gasteiger partial charge is 0.451 e. The molecule has 7 nitrogen and oxygen atoms in total. The fourth-order valence-corrected chi connectivity index (χ4v) is 2.00. The van der Waals surface area contributed by atoms with Crippen molar-refractivity contribution in [1.82, 2.24) is 0 Å². The molecule has 2 rings (SSSR count). The van der Waals surface area contributed by atoms with E-state index in [1.807, 2.05) is 0 Å². The maximum atomic E-state index is 11.9. The summed E-state index contributed by atoms with van der Waals surface area (Å²) in [7, 11) is 0. The molecular formula is C14H10BrNO6. The average Bonchev–Trinajstić information content (AvgIpc) is 2.91. The summed E-state index contributed by atoms with van der Waals surface area (Å²) in [5.41, 5.74) is 0.386. The highest BCUT2D eigenvalue weighted by molar-refractivity contribution is 9.10. The van der Waals surface area contributed by atoms with Crippen molar-refractivity contribution in [2.75, 3.05) is 6.61 Å². The van der Waals surface area contributed by atoms with Crippen LogP contribution in [0, 0.1) is 17.0 Å². The Kier molecular flexibility index (Phi) is 4.71. The van der Waals surface area contributed by atoms with Gasteiger partial charge in [-0.05, 0) is 35.0 Å². The number of halogens is 1. The van der Waals surface area contributed by atoms with E-state index >= 15 is 0 Å². The Morgan fingerprint density at radius 3 is 2.64 bits per heavy atom. The fraction of sp³-hybridized carbons (Fsp3) is 0.143. The predicted octanol–water partition coefficient (Wildman–Crippen LogP) is 3.30. The van der Waals surface area contributed by atoms with Gasteiger partial charge in [-0.1, -0.05) is 12.1 Å². The number of furan rings is 1. The zero-order chi connectivity index (χ0) is 16.3. The minimum Gasteiger partial charge on any atom is -0.451 e. The van der Waals surface area contributed by atoms with Gasteiger partial charge in [-0.15, -0.1) is 0 Å². The van der Waals surface area contributed by atoms with Crippen molar-refractivity contribution >= 4 is 33.4 Å². The van der Waals surface area contributed by atoms with E-state index in [1.165, 1.54) is 24.3 Å². The van der Waals surface area contributed by atoms with Gasteiger partial charge in [0.05, 0.1) is 4.92 Å². The first-order chi connectivity index (χ1) is 10.4. The number of ether oxygens (including phenoxy) is 1. The van der Waals surface area contributed by atoms with Gasteiger partial charge in [0.15, 0.2) is 11.3 Å². The molecule has 0 amide bonds. The van der Waals surface area contributed by atoms with Crippen LogP contribution in [0.4, 0.5) is 5.69 Å². The monoisotopic (exact) mass is 367 g/mol. The van der Waals surface area contributed by atoms with Crippen molar-refractivity contribution in [2.24, 2.45) is 0 Å². The summed E-state index contributed by atoms with van der Waals surface area (Å²) in [6.45, 7) is 1.04. The second-order valence-corrected chi connectivity index (χ2v) is 5.14. The molecule has 0 saturated carbocycles. The van der Waals surface area contributed by atoms with Crippen LogP contribution in [0.15, 0.2) is 39.4 Å². The van der Waals surface area contributed by atoms with Gasteiger partial charge in [-0.25, -0.2) is 4.79 Å². The third kappa shape index (κ3) is 3.59. The minimum absolute atomic E-state index is 0.0467. The number of hydrogen-bond acceptors (Lipinski definition) is 6. The van der Waals surface area contributed by atoms with Gasteiger partial charge in [0, 0.05) is 17.2 Å². The number of hydrogen-bond donors (Lipinski definition) is 0. The van der Waals surface area contributed by atoms with Crippen molar-refractivity contribution < 1.29 is 23.7 Å². The first-order valence-electron chi connectivity index (χ1n) is 6.09. The first-order valence-corrected chi connectivity index (χ1v) is 6.88. The van der Waals surface area contributed by atoms with Crippen LogP contribution in [0.5, 0.6) is 0 Å². The quantitative estimate of drug-likeness (QED) is 0.348. The van der Waals surface area contributed by atoms with Crippen LogP contribution in [-0.2, 0) is 4.74 Å². The zero-order valence-corrected chi connectivity index (χ0v) is 13.0. The number of nitro benzene ring substituents is 1. The molecule has 1 aromatic heterocycles. The van der Waals surface area contributed by atoms with Crippen molar-refractivity contribution in [1.29, 1.82) is 0 Å². The van der Waals surface area contributed by atoms with Crippen LogP contribution in [0.2, 0.25) is 0 Å². The Labute approximate surface area is 133 Å². The minimum atomic E-state index is -0.791.